The summed E-state index contributed by atoms with van der Waals surface area (Å²) >= 11 is 12.0. The highest BCUT2D eigenvalue weighted by molar-refractivity contribution is 6.36. The first kappa shape index (κ1) is 15.5. The Morgan fingerprint density at radius 1 is 1.13 bits per heavy atom. The molecule has 0 aliphatic rings. The van der Waals surface area contributed by atoms with Crippen molar-refractivity contribution < 1.29 is 4.52 Å². The minimum absolute atomic E-state index is 0.444. The Labute approximate surface area is 143 Å². The lowest BCUT2D eigenvalue weighted by atomic mass is 10.2. The van der Waals surface area contributed by atoms with E-state index in [1.165, 1.54) is 0 Å². The smallest absolute Gasteiger partial charge is 0.227 e. The van der Waals surface area contributed by atoms with Crippen LogP contribution in [0, 0.1) is 11.8 Å². The number of nitrogens with zero attached hydrogens (tertiary/aromatic N) is 3. The number of pyridine rings is 1. The van der Waals surface area contributed by atoms with E-state index in [4.69, 9.17) is 27.7 Å². The molecular weight excluding hydrogens is 333 g/mol. The predicted octanol–water partition coefficient (Wildman–Crippen LogP) is 4.42. The van der Waals surface area contributed by atoms with Crippen LogP contribution in [0.3, 0.4) is 0 Å². The molecule has 23 heavy (non-hydrogen) atoms. The van der Waals surface area contributed by atoms with Crippen molar-refractivity contribution in [2.75, 3.05) is 0 Å². The highest BCUT2D eigenvalue weighted by atomic mass is 35.5. The van der Waals surface area contributed by atoms with Crippen molar-refractivity contribution in [3.8, 4) is 23.2 Å². The van der Waals surface area contributed by atoms with Gasteiger partial charge in [-0.25, -0.2) is 4.98 Å². The second-order valence-corrected chi connectivity index (χ2v) is 5.50. The largest absolute Gasteiger partial charge is 0.339 e. The summed E-state index contributed by atoms with van der Waals surface area (Å²) < 4.78 is 5.22. The second kappa shape index (κ2) is 7.28. The average Bonchev–Trinajstić information content (AvgIpc) is 3.01. The third-order valence-corrected chi connectivity index (χ3v) is 3.53. The third-order valence-electron chi connectivity index (χ3n) is 2.99. The second-order valence-electron chi connectivity index (χ2n) is 4.65. The molecule has 0 amide bonds. The first-order valence-electron chi connectivity index (χ1n) is 6.90. The highest BCUT2D eigenvalue weighted by Crippen LogP contribution is 2.28. The van der Waals surface area contributed by atoms with Gasteiger partial charge in [-0.05, 0) is 36.3 Å². The Morgan fingerprint density at radius 2 is 2.04 bits per heavy atom. The Kier molecular flexibility index (Phi) is 4.92. The molecule has 2 aromatic heterocycles. The van der Waals surface area contributed by atoms with Crippen LogP contribution in [-0.4, -0.2) is 15.1 Å². The van der Waals surface area contributed by atoms with Crippen LogP contribution < -0.4 is 0 Å². The van der Waals surface area contributed by atoms with E-state index in [0.717, 1.165) is 5.69 Å². The zero-order valence-corrected chi connectivity index (χ0v) is 13.5. The molecule has 0 fully saturated rings. The molecular formula is C17H11Cl2N3O. The fourth-order valence-electron chi connectivity index (χ4n) is 1.90. The topological polar surface area (TPSA) is 51.8 Å². The van der Waals surface area contributed by atoms with Gasteiger partial charge in [-0.2, -0.15) is 4.98 Å². The number of halogens is 2. The summed E-state index contributed by atoms with van der Waals surface area (Å²) in [5.74, 6) is 6.98. The molecule has 0 saturated heterocycles. The van der Waals surface area contributed by atoms with Crippen molar-refractivity contribution in [1.29, 1.82) is 0 Å². The Balaban J connectivity index is 1.65. The normalized spacial score (nSPS) is 10.2. The van der Waals surface area contributed by atoms with Gasteiger partial charge in [0.05, 0.1) is 5.02 Å². The fraction of sp³-hybridized carbons (Fsp3) is 0.118. The fourth-order valence-corrected chi connectivity index (χ4v) is 2.39. The summed E-state index contributed by atoms with van der Waals surface area (Å²) in [6.45, 7) is 0. The van der Waals surface area contributed by atoms with Crippen LogP contribution in [0.1, 0.15) is 18.0 Å². The standard InChI is InChI=1S/C17H11Cl2N3O/c18-12-8-9-14(15(19)11-12)17-21-16(23-22-17)7-2-1-5-13-6-3-4-10-20-13/h3-4,6,8-11H,2,7H2. The summed E-state index contributed by atoms with van der Waals surface area (Å²) in [5, 5.41) is 4.99. The number of aryl methyl sites for hydroxylation is 1. The van der Waals surface area contributed by atoms with Crippen LogP contribution in [-0.2, 0) is 6.42 Å². The molecule has 4 nitrogen and oxygen atoms in total. The van der Waals surface area contributed by atoms with E-state index in [1.807, 2.05) is 18.2 Å². The van der Waals surface area contributed by atoms with E-state index < -0.39 is 0 Å². The average molecular weight is 344 g/mol. The predicted molar refractivity (Wildman–Crippen MR) is 89.2 cm³/mol. The van der Waals surface area contributed by atoms with Crippen LogP contribution in [0.2, 0.25) is 10.0 Å². The molecule has 2 heterocycles. The summed E-state index contributed by atoms with van der Waals surface area (Å²) in [6.07, 6.45) is 2.88. The van der Waals surface area contributed by atoms with Crippen LogP contribution in [0.15, 0.2) is 47.1 Å². The van der Waals surface area contributed by atoms with E-state index in [0.29, 0.717) is 40.2 Å². The van der Waals surface area contributed by atoms with Crippen LogP contribution in [0.4, 0.5) is 0 Å². The van der Waals surface area contributed by atoms with E-state index in [1.54, 1.807) is 24.4 Å². The number of hydrogen-bond acceptors (Lipinski definition) is 4. The van der Waals surface area contributed by atoms with Gasteiger partial charge in [-0.1, -0.05) is 40.3 Å². The van der Waals surface area contributed by atoms with Crippen LogP contribution in [0.5, 0.6) is 0 Å². The van der Waals surface area contributed by atoms with Crippen LogP contribution >= 0.6 is 23.2 Å². The molecule has 1 aromatic carbocycles. The minimum atomic E-state index is 0.444. The molecule has 0 unspecified atom stereocenters. The van der Waals surface area contributed by atoms with Gasteiger partial charge in [-0.15, -0.1) is 0 Å². The molecule has 0 radical (unpaired) electrons. The lowest BCUT2D eigenvalue weighted by Gasteiger charge is -1.98. The molecule has 0 N–H and O–H groups in total. The number of benzene rings is 1. The van der Waals surface area contributed by atoms with Crippen molar-refractivity contribution in [1.82, 2.24) is 15.1 Å². The first-order valence-corrected chi connectivity index (χ1v) is 7.66. The zero-order chi connectivity index (χ0) is 16.1. The maximum atomic E-state index is 6.13. The highest BCUT2D eigenvalue weighted by Gasteiger charge is 2.11. The van der Waals surface area contributed by atoms with Gasteiger partial charge in [-0.3, -0.25) is 0 Å². The minimum Gasteiger partial charge on any atom is -0.339 e. The SMILES string of the molecule is Clc1ccc(-c2noc(CCC#Cc3ccccn3)n2)c(Cl)c1. The van der Waals surface area contributed by atoms with Crippen molar-refractivity contribution in [2.45, 2.75) is 12.8 Å². The van der Waals surface area contributed by atoms with Gasteiger partial charge < -0.3 is 4.52 Å². The van der Waals surface area contributed by atoms with Crippen molar-refractivity contribution in [3.05, 3.63) is 64.2 Å². The molecule has 0 saturated carbocycles. The molecule has 6 heteroatoms. The molecule has 0 aliphatic heterocycles. The molecule has 3 aromatic rings. The van der Waals surface area contributed by atoms with E-state index in [-0.39, 0.29) is 0 Å². The molecule has 0 aliphatic carbocycles. The number of rotatable bonds is 3. The van der Waals surface area contributed by atoms with Crippen molar-refractivity contribution in [3.63, 3.8) is 0 Å². The monoisotopic (exact) mass is 343 g/mol. The quantitative estimate of drug-likeness (QED) is 0.660. The van der Waals surface area contributed by atoms with Crippen molar-refractivity contribution >= 4 is 23.2 Å². The third kappa shape index (κ3) is 4.10. The lowest BCUT2D eigenvalue weighted by Crippen LogP contribution is -1.86. The van der Waals surface area contributed by atoms with E-state index in [2.05, 4.69) is 27.0 Å². The summed E-state index contributed by atoms with van der Waals surface area (Å²) in [6, 6.07) is 10.8. The maximum Gasteiger partial charge on any atom is 0.227 e. The lowest BCUT2D eigenvalue weighted by molar-refractivity contribution is 0.380. The molecule has 114 valence electrons. The molecule has 0 atom stereocenters. The van der Waals surface area contributed by atoms with E-state index >= 15 is 0 Å². The number of hydrogen-bond donors (Lipinski definition) is 0. The Morgan fingerprint density at radius 3 is 2.83 bits per heavy atom. The van der Waals surface area contributed by atoms with Gasteiger partial charge in [0.15, 0.2) is 0 Å². The maximum absolute atomic E-state index is 6.13. The van der Waals surface area contributed by atoms with Gasteiger partial charge in [0, 0.05) is 29.6 Å². The summed E-state index contributed by atoms with van der Waals surface area (Å²) in [4.78, 5) is 8.46. The van der Waals surface area contributed by atoms with Gasteiger partial charge in [0.1, 0.15) is 5.69 Å². The van der Waals surface area contributed by atoms with Gasteiger partial charge >= 0.3 is 0 Å². The molecule has 3 rings (SSSR count). The van der Waals surface area contributed by atoms with Crippen LogP contribution in [0.25, 0.3) is 11.4 Å². The number of aromatic nitrogens is 3. The van der Waals surface area contributed by atoms with Crippen molar-refractivity contribution in [2.24, 2.45) is 0 Å². The molecule has 0 spiro atoms. The summed E-state index contributed by atoms with van der Waals surface area (Å²) in [5.41, 5.74) is 1.43. The van der Waals surface area contributed by atoms with Gasteiger partial charge in [0.2, 0.25) is 11.7 Å². The van der Waals surface area contributed by atoms with Gasteiger partial charge in [0.25, 0.3) is 0 Å². The molecule has 0 bridgehead atoms. The van der Waals surface area contributed by atoms with E-state index in [9.17, 15) is 0 Å². The summed E-state index contributed by atoms with van der Waals surface area (Å²) in [7, 11) is 0. The Bertz CT molecular complexity index is 866. The first-order chi connectivity index (χ1) is 11.2. The zero-order valence-electron chi connectivity index (χ0n) is 12.0. The Hall–Kier alpha value is -2.35.